The third-order valence-corrected chi connectivity index (χ3v) is 2.87. The van der Waals surface area contributed by atoms with Gasteiger partial charge in [0.2, 0.25) is 0 Å². The molecule has 92 valence electrons. The molecule has 0 heterocycles. The summed E-state index contributed by atoms with van der Waals surface area (Å²) >= 11 is 0. The first-order valence-electron chi connectivity index (χ1n) is 5.53. The molecule has 0 saturated carbocycles. The molecule has 0 unspecified atom stereocenters. The zero-order chi connectivity index (χ0) is 13.1. The Kier molecular flexibility index (Phi) is 3.37. The van der Waals surface area contributed by atoms with Crippen LogP contribution in [0.5, 0.6) is 0 Å². The highest BCUT2D eigenvalue weighted by Gasteiger charge is 2.29. The molecule has 4 nitrogen and oxygen atoms in total. The van der Waals surface area contributed by atoms with Gasteiger partial charge in [0.1, 0.15) is 5.92 Å². The summed E-state index contributed by atoms with van der Waals surface area (Å²) < 4.78 is 4.56. The molecule has 0 fully saturated rings. The molecule has 18 heavy (non-hydrogen) atoms. The van der Waals surface area contributed by atoms with Crippen LogP contribution in [0.1, 0.15) is 17.0 Å². The van der Waals surface area contributed by atoms with Gasteiger partial charge in [-0.05, 0) is 23.3 Å². The molecule has 0 spiro atoms. The second kappa shape index (κ2) is 4.96. The Morgan fingerprint density at radius 1 is 1.11 bits per heavy atom. The minimum atomic E-state index is -0.711. The molecule has 0 atom stereocenters. The van der Waals surface area contributed by atoms with Crippen LogP contribution in [0.15, 0.2) is 36.4 Å². The Balaban J connectivity index is 2.15. The fourth-order valence-electron chi connectivity index (χ4n) is 1.89. The number of hydrogen-bond acceptors (Lipinski definition) is 4. The molecule has 1 aromatic carbocycles. The second-order valence-corrected chi connectivity index (χ2v) is 4.07. The quantitative estimate of drug-likeness (QED) is 0.592. The lowest BCUT2D eigenvalue weighted by Crippen LogP contribution is -2.13. The number of benzene rings is 1. The van der Waals surface area contributed by atoms with Gasteiger partial charge in [0.15, 0.2) is 11.6 Å². The third kappa shape index (κ3) is 2.37. The van der Waals surface area contributed by atoms with Crippen LogP contribution in [0.3, 0.4) is 0 Å². The van der Waals surface area contributed by atoms with E-state index in [9.17, 15) is 14.4 Å². The number of hydrogen-bond donors (Lipinski definition) is 0. The van der Waals surface area contributed by atoms with Crippen LogP contribution >= 0.6 is 0 Å². The molecule has 4 heteroatoms. The minimum Gasteiger partial charge on any atom is -0.469 e. The Bertz CT molecular complexity index is 507. The summed E-state index contributed by atoms with van der Waals surface area (Å²) in [5, 5.41) is 0. The van der Waals surface area contributed by atoms with E-state index in [4.69, 9.17) is 0 Å². The predicted molar refractivity (Wildman–Crippen MR) is 64.1 cm³/mol. The number of ether oxygens (including phenoxy) is 1. The van der Waals surface area contributed by atoms with Gasteiger partial charge in [-0.1, -0.05) is 24.3 Å². The van der Waals surface area contributed by atoms with E-state index in [0.29, 0.717) is 5.56 Å². The smallest absolute Gasteiger partial charge is 0.309 e. The topological polar surface area (TPSA) is 60.4 Å². The molecular formula is C14H12O4. The van der Waals surface area contributed by atoms with Crippen LogP contribution in [-0.4, -0.2) is 24.6 Å². The Morgan fingerprint density at radius 2 is 1.67 bits per heavy atom. The van der Waals surface area contributed by atoms with Crippen LogP contribution in [-0.2, 0) is 25.5 Å². The van der Waals surface area contributed by atoms with Crippen molar-refractivity contribution in [1.82, 2.24) is 0 Å². The van der Waals surface area contributed by atoms with Crippen molar-refractivity contribution in [3.05, 3.63) is 47.5 Å². The van der Waals surface area contributed by atoms with Crippen LogP contribution in [0, 0.1) is 0 Å². The van der Waals surface area contributed by atoms with E-state index in [2.05, 4.69) is 4.74 Å². The van der Waals surface area contributed by atoms with E-state index in [1.165, 1.54) is 19.3 Å². The summed E-state index contributed by atoms with van der Waals surface area (Å²) in [6.45, 7) is 0. The van der Waals surface area contributed by atoms with Gasteiger partial charge in [-0.15, -0.1) is 0 Å². The van der Waals surface area contributed by atoms with Crippen molar-refractivity contribution in [3.63, 3.8) is 0 Å². The van der Waals surface area contributed by atoms with Crippen LogP contribution in [0.25, 0.3) is 0 Å². The molecule has 0 N–H and O–H groups in total. The minimum absolute atomic E-state index is 0.182. The van der Waals surface area contributed by atoms with Crippen molar-refractivity contribution in [2.75, 3.05) is 7.11 Å². The van der Waals surface area contributed by atoms with Crippen molar-refractivity contribution < 1.29 is 19.1 Å². The molecule has 0 radical (unpaired) electrons. The predicted octanol–water partition coefficient (Wildman–Crippen LogP) is 1.19. The highest BCUT2D eigenvalue weighted by molar-refractivity contribution is 6.22. The van der Waals surface area contributed by atoms with E-state index in [-0.39, 0.29) is 24.0 Å². The number of ketones is 2. The van der Waals surface area contributed by atoms with Crippen molar-refractivity contribution in [3.8, 4) is 0 Å². The highest BCUT2D eigenvalue weighted by Crippen LogP contribution is 2.24. The SMILES string of the molecule is COC(=O)Cc1ccc(C2C(=O)C=CC2=O)cc1. The number of carbonyl (C=O) groups excluding carboxylic acids is 3. The number of rotatable bonds is 3. The van der Waals surface area contributed by atoms with Crippen LogP contribution < -0.4 is 0 Å². The van der Waals surface area contributed by atoms with Crippen molar-refractivity contribution in [2.45, 2.75) is 12.3 Å². The number of esters is 1. The van der Waals surface area contributed by atoms with Gasteiger partial charge in [-0.3, -0.25) is 14.4 Å². The van der Waals surface area contributed by atoms with Gasteiger partial charge in [0.05, 0.1) is 13.5 Å². The first-order valence-corrected chi connectivity index (χ1v) is 5.53. The van der Waals surface area contributed by atoms with Gasteiger partial charge >= 0.3 is 5.97 Å². The lowest BCUT2D eigenvalue weighted by Gasteiger charge is -2.08. The first-order chi connectivity index (χ1) is 8.61. The Hall–Kier alpha value is -2.23. The monoisotopic (exact) mass is 244 g/mol. The molecule has 0 amide bonds. The average molecular weight is 244 g/mol. The number of carbonyl (C=O) groups is 3. The van der Waals surface area contributed by atoms with Gasteiger partial charge in [0.25, 0.3) is 0 Å². The van der Waals surface area contributed by atoms with Gasteiger partial charge < -0.3 is 4.74 Å². The number of allylic oxidation sites excluding steroid dienone is 2. The molecule has 1 aliphatic carbocycles. The first kappa shape index (κ1) is 12.2. The van der Waals surface area contributed by atoms with E-state index in [0.717, 1.165) is 5.56 Å². The van der Waals surface area contributed by atoms with Crippen molar-refractivity contribution in [1.29, 1.82) is 0 Å². The Labute approximate surface area is 104 Å². The maximum Gasteiger partial charge on any atom is 0.309 e. The lowest BCUT2D eigenvalue weighted by molar-refractivity contribution is -0.139. The average Bonchev–Trinajstić information content (AvgIpc) is 2.70. The van der Waals surface area contributed by atoms with Crippen molar-refractivity contribution in [2.24, 2.45) is 0 Å². The maximum absolute atomic E-state index is 11.5. The standard InChI is InChI=1S/C14H12O4/c1-18-13(17)8-9-2-4-10(5-3-9)14-11(15)6-7-12(14)16/h2-7,14H,8H2,1H3. The maximum atomic E-state index is 11.5. The molecule has 0 saturated heterocycles. The lowest BCUT2D eigenvalue weighted by atomic mass is 9.94. The zero-order valence-corrected chi connectivity index (χ0v) is 9.88. The molecular weight excluding hydrogens is 232 g/mol. The largest absolute Gasteiger partial charge is 0.469 e. The Morgan fingerprint density at radius 3 is 2.17 bits per heavy atom. The fourth-order valence-corrected chi connectivity index (χ4v) is 1.89. The summed E-state index contributed by atoms with van der Waals surface area (Å²) in [5.41, 5.74) is 1.44. The van der Waals surface area contributed by atoms with Gasteiger partial charge in [-0.25, -0.2) is 0 Å². The molecule has 1 aliphatic rings. The second-order valence-electron chi connectivity index (χ2n) is 4.07. The van der Waals surface area contributed by atoms with Gasteiger partial charge in [0, 0.05) is 0 Å². The fraction of sp³-hybridized carbons (Fsp3) is 0.214. The third-order valence-electron chi connectivity index (χ3n) is 2.87. The molecule has 2 rings (SSSR count). The normalized spacial score (nSPS) is 15.2. The van der Waals surface area contributed by atoms with E-state index < -0.39 is 5.92 Å². The summed E-state index contributed by atoms with van der Waals surface area (Å²) in [7, 11) is 1.33. The van der Waals surface area contributed by atoms with Gasteiger partial charge in [-0.2, -0.15) is 0 Å². The molecule has 0 aromatic heterocycles. The summed E-state index contributed by atoms with van der Waals surface area (Å²) in [6.07, 6.45) is 2.78. The molecule has 0 bridgehead atoms. The van der Waals surface area contributed by atoms with E-state index >= 15 is 0 Å². The van der Waals surface area contributed by atoms with E-state index in [1.807, 2.05) is 0 Å². The van der Waals surface area contributed by atoms with Crippen LogP contribution in [0.4, 0.5) is 0 Å². The van der Waals surface area contributed by atoms with Crippen LogP contribution in [0.2, 0.25) is 0 Å². The summed E-state index contributed by atoms with van der Waals surface area (Å²) in [5.74, 6) is -1.42. The van der Waals surface area contributed by atoms with E-state index in [1.54, 1.807) is 24.3 Å². The highest BCUT2D eigenvalue weighted by atomic mass is 16.5. The molecule has 0 aliphatic heterocycles. The summed E-state index contributed by atoms with van der Waals surface area (Å²) in [6, 6.07) is 6.85. The number of methoxy groups -OCH3 is 1. The zero-order valence-electron chi connectivity index (χ0n) is 9.88. The van der Waals surface area contributed by atoms with Crippen molar-refractivity contribution >= 4 is 17.5 Å². The molecule has 1 aromatic rings. The summed E-state index contributed by atoms with van der Waals surface area (Å²) in [4.78, 5) is 34.1.